The van der Waals surface area contributed by atoms with Gasteiger partial charge in [-0.15, -0.1) is 0 Å². The van der Waals surface area contributed by atoms with Gasteiger partial charge in [-0.1, -0.05) is 0 Å². The summed E-state index contributed by atoms with van der Waals surface area (Å²) in [6.07, 6.45) is 0.793. The summed E-state index contributed by atoms with van der Waals surface area (Å²) in [5, 5.41) is 0. The van der Waals surface area contributed by atoms with Gasteiger partial charge in [0.15, 0.2) is 0 Å². The van der Waals surface area contributed by atoms with E-state index >= 15 is 0 Å². The van der Waals surface area contributed by atoms with Crippen molar-refractivity contribution in [2.24, 2.45) is 5.73 Å². The summed E-state index contributed by atoms with van der Waals surface area (Å²) in [7, 11) is 0. The quantitative estimate of drug-likeness (QED) is 0.689. The zero-order chi connectivity index (χ0) is 14.9. The highest BCUT2D eigenvalue weighted by molar-refractivity contribution is 5.65. The number of hydrogen-bond donors (Lipinski definition) is 2. The second-order valence-electron chi connectivity index (χ2n) is 4.81. The molecule has 0 amide bonds. The number of H-pyrrole nitrogens is 1. The van der Waals surface area contributed by atoms with Crippen LogP contribution >= 0.6 is 0 Å². The maximum absolute atomic E-state index is 11.8. The SMILES string of the molecule is CC(=O)OC[C@H]1O[C@@H](n2cc(C)c(=O)[nH]c2=O)C[C@@H]1N. The van der Waals surface area contributed by atoms with Crippen LogP contribution in [0.1, 0.15) is 25.1 Å². The molecule has 0 bridgehead atoms. The van der Waals surface area contributed by atoms with Crippen molar-refractivity contribution in [3.05, 3.63) is 32.6 Å². The lowest BCUT2D eigenvalue weighted by Crippen LogP contribution is -2.34. The summed E-state index contributed by atoms with van der Waals surface area (Å²) >= 11 is 0. The molecule has 2 heterocycles. The van der Waals surface area contributed by atoms with E-state index in [2.05, 4.69) is 4.98 Å². The molecule has 1 saturated heterocycles. The van der Waals surface area contributed by atoms with Gasteiger partial charge in [0.1, 0.15) is 18.9 Å². The van der Waals surface area contributed by atoms with E-state index in [0.29, 0.717) is 12.0 Å². The molecule has 0 aromatic carbocycles. The number of aromatic amines is 1. The average molecular weight is 283 g/mol. The number of aryl methyl sites for hydroxylation is 1. The summed E-state index contributed by atoms with van der Waals surface area (Å²) in [4.78, 5) is 36.1. The minimum Gasteiger partial charge on any atom is -0.463 e. The lowest BCUT2D eigenvalue weighted by atomic mass is 10.1. The Balaban J connectivity index is 2.16. The largest absolute Gasteiger partial charge is 0.463 e. The summed E-state index contributed by atoms with van der Waals surface area (Å²) in [6.45, 7) is 2.94. The van der Waals surface area contributed by atoms with Gasteiger partial charge >= 0.3 is 11.7 Å². The maximum Gasteiger partial charge on any atom is 0.330 e. The van der Waals surface area contributed by atoms with Crippen LogP contribution in [0, 0.1) is 6.92 Å². The third kappa shape index (κ3) is 2.97. The third-order valence-electron chi connectivity index (χ3n) is 3.19. The predicted octanol–water partition coefficient (Wildman–Crippen LogP) is -0.977. The fourth-order valence-corrected chi connectivity index (χ4v) is 2.08. The molecule has 1 fully saturated rings. The number of nitrogens with two attached hydrogens (primary N) is 1. The van der Waals surface area contributed by atoms with Gasteiger partial charge in [0.2, 0.25) is 0 Å². The fraction of sp³-hybridized carbons (Fsp3) is 0.583. The minimum absolute atomic E-state index is 0.0457. The van der Waals surface area contributed by atoms with E-state index in [9.17, 15) is 14.4 Å². The lowest BCUT2D eigenvalue weighted by molar-refractivity contribution is -0.146. The van der Waals surface area contributed by atoms with Crippen LogP contribution in [0.2, 0.25) is 0 Å². The van der Waals surface area contributed by atoms with Gasteiger partial charge in [-0.25, -0.2) is 4.79 Å². The first-order valence-corrected chi connectivity index (χ1v) is 6.25. The first-order valence-electron chi connectivity index (χ1n) is 6.25. The molecule has 3 atom stereocenters. The topological polar surface area (TPSA) is 116 Å². The Morgan fingerprint density at radius 2 is 2.30 bits per heavy atom. The van der Waals surface area contributed by atoms with E-state index in [1.54, 1.807) is 6.92 Å². The molecule has 3 N–H and O–H groups in total. The molecule has 0 unspecified atom stereocenters. The Morgan fingerprint density at radius 1 is 1.60 bits per heavy atom. The third-order valence-corrected chi connectivity index (χ3v) is 3.19. The monoisotopic (exact) mass is 283 g/mol. The van der Waals surface area contributed by atoms with Gasteiger partial charge in [0.25, 0.3) is 5.56 Å². The van der Waals surface area contributed by atoms with Gasteiger partial charge in [-0.05, 0) is 6.92 Å². The number of carbonyl (C=O) groups is 1. The highest BCUT2D eigenvalue weighted by atomic mass is 16.6. The van der Waals surface area contributed by atoms with Gasteiger partial charge in [-0.3, -0.25) is 19.1 Å². The van der Waals surface area contributed by atoms with E-state index < -0.39 is 29.6 Å². The van der Waals surface area contributed by atoms with E-state index in [1.807, 2.05) is 0 Å². The summed E-state index contributed by atoms with van der Waals surface area (Å²) in [6, 6.07) is -0.349. The van der Waals surface area contributed by atoms with Crippen LogP contribution in [0.5, 0.6) is 0 Å². The first-order chi connectivity index (χ1) is 9.38. The van der Waals surface area contributed by atoms with Crippen molar-refractivity contribution in [2.45, 2.75) is 38.6 Å². The van der Waals surface area contributed by atoms with Crippen LogP contribution in [0.3, 0.4) is 0 Å². The second kappa shape index (κ2) is 5.59. The highest BCUT2D eigenvalue weighted by Gasteiger charge is 2.35. The number of esters is 1. The molecular formula is C12H17N3O5. The summed E-state index contributed by atoms with van der Waals surface area (Å²) < 4.78 is 11.8. The first kappa shape index (κ1) is 14.5. The highest BCUT2D eigenvalue weighted by Crippen LogP contribution is 2.26. The number of hydrogen-bond acceptors (Lipinski definition) is 6. The Bertz CT molecular complexity index is 620. The summed E-state index contributed by atoms with van der Waals surface area (Å²) in [5.74, 6) is -0.415. The number of rotatable bonds is 3. The number of nitrogens with zero attached hydrogens (tertiary/aromatic N) is 1. The van der Waals surface area contributed by atoms with Crippen molar-refractivity contribution in [1.29, 1.82) is 0 Å². The zero-order valence-electron chi connectivity index (χ0n) is 11.3. The predicted molar refractivity (Wildman–Crippen MR) is 69.2 cm³/mol. The van der Waals surface area contributed by atoms with E-state index in [4.69, 9.17) is 15.2 Å². The molecule has 2 rings (SSSR count). The maximum atomic E-state index is 11.8. The molecule has 20 heavy (non-hydrogen) atoms. The molecule has 1 aliphatic heterocycles. The van der Waals surface area contributed by atoms with Crippen LogP contribution in [0.25, 0.3) is 0 Å². The number of nitrogens with one attached hydrogen (secondary N) is 1. The molecule has 0 radical (unpaired) electrons. The Hall–Kier alpha value is -1.93. The molecule has 0 aliphatic carbocycles. The summed E-state index contributed by atoms with van der Waals surface area (Å²) in [5.41, 5.74) is 5.34. The molecule has 0 saturated carbocycles. The van der Waals surface area contributed by atoms with Gasteiger partial charge < -0.3 is 15.2 Å². The average Bonchev–Trinajstić information content (AvgIpc) is 2.72. The van der Waals surface area contributed by atoms with Crippen LogP contribution in [-0.4, -0.2) is 34.3 Å². The Labute approximate surface area is 114 Å². The van der Waals surface area contributed by atoms with Crippen LogP contribution < -0.4 is 17.0 Å². The van der Waals surface area contributed by atoms with E-state index in [0.717, 1.165) is 0 Å². The van der Waals surface area contributed by atoms with Crippen molar-refractivity contribution in [2.75, 3.05) is 6.61 Å². The van der Waals surface area contributed by atoms with Crippen LogP contribution in [0.15, 0.2) is 15.8 Å². The van der Waals surface area contributed by atoms with Crippen molar-refractivity contribution >= 4 is 5.97 Å². The van der Waals surface area contributed by atoms with E-state index in [-0.39, 0.29) is 12.6 Å². The number of carbonyl (C=O) groups excluding carboxylic acids is 1. The number of ether oxygens (including phenoxy) is 2. The molecule has 8 heteroatoms. The molecule has 1 aliphatic rings. The molecule has 110 valence electrons. The molecule has 8 nitrogen and oxygen atoms in total. The smallest absolute Gasteiger partial charge is 0.330 e. The van der Waals surface area contributed by atoms with Crippen LogP contribution in [-0.2, 0) is 14.3 Å². The molecular weight excluding hydrogens is 266 g/mol. The Kier molecular flexibility index (Phi) is 4.05. The standard InChI is InChI=1S/C12H17N3O5/c1-6-4-15(12(18)14-11(6)17)10-3-8(13)9(20-10)5-19-7(2)16/h4,8-10H,3,5,13H2,1-2H3,(H,14,17,18)/t8-,9+,10+/m0/s1. The van der Waals surface area contributed by atoms with Gasteiger partial charge in [0.05, 0.1) is 0 Å². The van der Waals surface area contributed by atoms with Gasteiger partial charge in [-0.2, -0.15) is 0 Å². The number of aromatic nitrogens is 2. The van der Waals surface area contributed by atoms with Crippen molar-refractivity contribution < 1.29 is 14.3 Å². The normalized spacial score (nSPS) is 25.6. The second-order valence-corrected chi connectivity index (χ2v) is 4.81. The van der Waals surface area contributed by atoms with E-state index in [1.165, 1.54) is 17.7 Å². The fourth-order valence-electron chi connectivity index (χ4n) is 2.08. The van der Waals surface area contributed by atoms with Crippen molar-refractivity contribution in [1.82, 2.24) is 9.55 Å². The van der Waals surface area contributed by atoms with Crippen LogP contribution in [0.4, 0.5) is 0 Å². The molecule has 0 spiro atoms. The molecule has 1 aromatic rings. The zero-order valence-corrected chi connectivity index (χ0v) is 11.3. The minimum atomic E-state index is -0.575. The van der Waals surface area contributed by atoms with Crippen molar-refractivity contribution in [3.8, 4) is 0 Å². The lowest BCUT2D eigenvalue weighted by Gasteiger charge is -2.16. The molecule has 1 aromatic heterocycles. The van der Waals surface area contributed by atoms with Gasteiger partial charge in [0, 0.05) is 31.1 Å². The van der Waals surface area contributed by atoms with Crippen molar-refractivity contribution in [3.63, 3.8) is 0 Å². The Morgan fingerprint density at radius 3 is 2.95 bits per heavy atom.